The Morgan fingerprint density at radius 1 is 1.60 bits per heavy atom. The summed E-state index contributed by atoms with van der Waals surface area (Å²) >= 11 is 6.00. The van der Waals surface area contributed by atoms with E-state index in [1.165, 1.54) is 0 Å². The first-order chi connectivity index (χ1) is 7.18. The topological polar surface area (TPSA) is 52.3 Å². The zero-order valence-electron chi connectivity index (χ0n) is 8.20. The van der Waals surface area contributed by atoms with Crippen LogP contribution in [0.1, 0.15) is 24.3 Å². The molecule has 0 spiro atoms. The summed E-state index contributed by atoms with van der Waals surface area (Å²) < 4.78 is 5.48. The van der Waals surface area contributed by atoms with Crippen LogP contribution in [0.5, 0.6) is 5.75 Å². The Hall–Kier alpha value is -1.22. The van der Waals surface area contributed by atoms with E-state index in [1.807, 2.05) is 12.1 Å². The van der Waals surface area contributed by atoms with E-state index in [1.54, 1.807) is 6.07 Å². The van der Waals surface area contributed by atoms with Gasteiger partial charge in [0.1, 0.15) is 5.75 Å². The number of carbonyl (C=O) groups excluding carboxylic acids is 1. The van der Waals surface area contributed by atoms with Gasteiger partial charge >= 0.3 is 0 Å². The van der Waals surface area contributed by atoms with Crippen LogP contribution in [0.25, 0.3) is 0 Å². The first kappa shape index (κ1) is 10.3. The molecule has 0 radical (unpaired) electrons. The SMILES string of the molecule is NC(=O)CC1CCOc2c(Cl)cccc21. The molecule has 3 nitrogen and oxygen atoms in total. The Morgan fingerprint density at radius 2 is 2.40 bits per heavy atom. The molecule has 1 atom stereocenters. The number of fused-ring (bicyclic) bond motifs is 1. The van der Waals surface area contributed by atoms with Crippen LogP contribution >= 0.6 is 11.6 Å². The van der Waals surface area contributed by atoms with Crippen molar-refractivity contribution in [2.24, 2.45) is 5.73 Å². The van der Waals surface area contributed by atoms with Gasteiger partial charge in [-0.25, -0.2) is 0 Å². The van der Waals surface area contributed by atoms with Gasteiger partial charge in [0, 0.05) is 6.42 Å². The van der Waals surface area contributed by atoms with Crippen molar-refractivity contribution in [1.82, 2.24) is 0 Å². The van der Waals surface area contributed by atoms with Crippen LogP contribution in [-0.4, -0.2) is 12.5 Å². The largest absolute Gasteiger partial charge is 0.492 e. The molecule has 1 heterocycles. The van der Waals surface area contributed by atoms with Gasteiger partial charge < -0.3 is 10.5 Å². The van der Waals surface area contributed by atoms with Crippen molar-refractivity contribution in [2.45, 2.75) is 18.8 Å². The van der Waals surface area contributed by atoms with E-state index in [9.17, 15) is 4.79 Å². The second kappa shape index (κ2) is 4.11. The number of hydrogen-bond acceptors (Lipinski definition) is 2. The minimum atomic E-state index is -0.284. The third-order valence-corrected chi connectivity index (χ3v) is 2.90. The fourth-order valence-electron chi connectivity index (χ4n) is 1.91. The van der Waals surface area contributed by atoms with E-state index in [4.69, 9.17) is 22.1 Å². The molecule has 15 heavy (non-hydrogen) atoms. The molecular weight excluding hydrogens is 214 g/mol. The lowest BCUT2D eigenvalue weighted by atomic mass is 9.90. The van der Waals surface area contributed by atoms with E-state index in [2.05, 4.69) is 0 Å². The maximum atomic E-state index is 10.9. The monoisotopic (exact) mass is 225 g/mol. The van der Waals surface area contributed by atoms with Gasteiger partial charge in [-0.3, -0.25) is 4.79 Å². The predicted octanol–water partition coefficient (Wildman–Crippen LogP) is 2.08. The van der Waals surface area contributed by atoms with Gasteiger partial charge in [0.2, 0.25) is 5.91 Å². The lowest BCUT2D eigenvalue weighted by molar-refractivity contribution is -0.118. The van der Waals surface area contributed by atoms with Crippen LogP contribution in [0.15, 0.2) is 18.2 Å². The molecule has 2 rings (SSSR count). The number of carbonyl (C=O) groups is 1. The van der Waals surface area contributed by atoms with Crippen LogP contribution in [0.4, 0.5) is 0 Å². The minimum absolute atomic E-state index is 0.143. The van der Waals surface area contributed by atoms with Crippen LogP contribution in [0.3, 0.4) is 0 Å². The fourth-order valence-corrected chi connectivity index (χ4v) is 2.15. The number of primary amides is 1. The summed E-state index contributed by atoms with van der Waals surface area (Å²) in [6, 6.07) is 5.59. The predicted molar refractivity (Wildman–Crippen MR) is 58.1 cm³/mol. The molecule has 1 aliphatic rings. The van der Waals surface area contributed by atoms with Gasteiger partial charge in [-0.1, -0.05) is 23.7 Å². The van der Waals surface area contributed by atoms with Crippen LogP contribution in [0.2, 0.25) is 5.02 Å². The number of hydrogen-bond donors (Lipinski definition) is 1. The Bertz CT molecular complexity index is 392. The molecule has 0 fully saturated rings. The Morgan fingerprint density at radius 3 is 3.13 bits per heavy atom. The van der Waals surface area contributed by atoms with Crippen molar-refractivity contribution < 1.29 is 9.53 Å². The standard InChI is InChI=1S/C11H12ClNO2/c12-9-3-1-2-8-7(6-10(13)14)4-5-15-11(8)9/h1-3,7H,4-6H2,(H2,13,14). The fraction of sp³-hybridized carbons (Fsp3) is 0.364. The molecular formula is C11H12ClNO2. The summed E-state index contributed by atoms with van der Waals surface area (Å²) in [6.07, 6.45) is 1.17. The van der Waals surface area contributed by atoms with Crippen molar-refractivity contribution in [3.63, 3.8) is 0 Å². The first-order valence-corrected chi connectivity index (χ1v) is 5.26. The number of ether oxygens (including phenoxy) is 1. The van der Waals surface area contributed by atoms with Gasteiger partial charge in [-0.05, 0) is 24.0 Å². The maximum absolute atomic E-state index is 10.9. The van der Waals surface area contributed by atoms with E-state index in [-0.39, 0.29) is 11.8 Å². The number of amides is 1. The number of halogens is 1. The Labute approximate surface area is 93.2 Å². The Balaban J connectivity index is 2.34. The molecule has 0 bridgehead atoms. The van der Waals surface area contributed by atoms with E-state index in [0.717, 1.165) is 12.0 Å². The van der Waals surface area contributed by atoms with E-state index in [0.29, 0.717) is 23.8 Å². The van der Waals surface area contributed by atoms with Gasteiger partial charge in [0.25, 0.3) is 0 Å². The van der Waals surface area contributed by atoms with E-state index < -0.39 is 0 Å². The summed E-state index contributed by atoms with van der Waals surface area (Å²) in [7, 11) is 0. The molecule has 2 N–H and O–H groups in total. The van der Waals surface area contributed by atoms with Gasteiger partial charge in [0.05, 0.1) is 11.6 Å². The quantitative estimate of drug-likeness (QED) is 0.838. The number of benzene rings is 1. The highest BCUT2D eigenvalue weighted by Gasteiger charge is 2.24. The number of para-hydroxylation sites is 1. The highest BCUT2D eigenvalue weighted by molar-refractivity contribution is 6.32. The summed E-state index contributed by atoms with van der Waals surface area (Å²) in [5.41, 5.74) is 6.20. The van der Waals surface area contributed by atoms with Crippen molar-refractivity contribution >= 4 is 17.5 Å². The number of rotatable bonds is 2. The zero-order chi connectivity index (χ0) is 10.8. The third-order valence-electron chi connectivity index (χ3n) is 2.60. The maximum Gasteiger partial charge on any atom is 0.218 e. The average molecular weight is 226 g/mol. The molecule has 1 aliphatic heterocycles. The lowest BCUT2D eigenvalue weighted by Gasteiger charge is -2.25. The lowest BCUT2D eigenvalue weighted by Crippen LogP contribution is -2.20. The highest BCUT2D eigenvalue weighted by atomic mass is 35.5. The van der Waals surface area contributed by atoms with Crippen molar-refractivity contribution in [2.75, 3.05) is 6.61 Å². The normalized spacial score (nSPS) is 19.1. The van der Waals surface area contributed by atoms with Crippen molar-refractivity contribution in [3.05, 3.63) is 28.8 Å². The van der Waals surface area contributed by atoms with Crippen molar-refractivity contribution in [3.8, 4) is 5.75 Å². The summed E-state index contributed by atoms with van der Waals surface area (Å²) in [6.45, 7) is 0.592. The molecule has 1 amide bonds. The van der Waals surface area contributed by atoms with Crippen LogP contribution in [0, 0.1) is 0 Å². The average Bonchev–Trinajstić information content (AvgIpc) is 2.19. The first-order valence-electron chi connectivity index (χ1n) is 4.88. The van der Waals surface area contributed by atoms with Gasteiger partial charge in [-0.15, -0.1) is 0 Å². The minimum Gasteiger partial charge on any atom is -0.492 e. The molecule has 4 heteroatoms. The number of nitrogens with two attached hydrogens (primary N) is 1. The van der Waals surface area contributed by atoms with Crippen molar-refractivity contribution in [1.29, 1.82) is 0 Å². The summed E-state index contributed by atoms with van der Waals surface area (Å²) in [4.78, 5) is 10.9. The molecule has 0 saturated carbocycles. The molecule has 80 valence electrons. The van der Waals surface area contributed by atoms with Crippen LogP contribution < -0.4 is 10.5 Å². The van der Waals surface area contributed by atoms with Gasteiger partial charge in [0.15, 0.2) is 0 Å². The van der Waals surface area contributed by atoms with E-state index >= 15 is 0 Å². The summed E-state index contributed by atoms with van der Waals surface area (Å²) in [5.74, 6) is 0.564. The Kier molecular flexibility index (Phi) is 2.82. The molecule has 1 aromatic rings. The smallest absolute Gasteiger partial charge is 0.218 e. The highest BCUT2D eigenvalue weighted by Crippen LogP contribution is 2.39. The second-order valence-corrected chi connectivity index (χ2v) is 4.07. The van der Waals surface area contributed by atoms with Crippen LogP contribution in [-0.2, 0) is 4.79 Å². The second-order valence-electron chi connectivity index (χ2n) is 3.66. The third kappa shape index (κ3) is 2.07. The molecule has 1 aromatic carbocycles. The molecule has 0 saturated heterocycles. The molecule has 0 aromatic heterocycles. The molecule has 1 unspecified atom stereocenters. The zero-order valence-corrected chi connectivity index (χ0v) is 8.96. The van der Waals surface area contributed by atoms with Gasteiger partial charge in [-0.2, -0.15) is 0 Å². The summed E-state index contributed by atoms with van der Waals surface area (Å²) in [5, 5.41) is 0.599. The molecule has 0 aliphatic carbocycles.